The Hall–Kier alpha value is -2.97. The number of hydrogen-bond donors (Lipinski definition) is 1. The van der Waals surface area contributed by atoms with Crippen LogP contribution in [0.1, 0.15) is 46.4 Å². The number of carbonyl (C=O) groups excluding carboxylic acids is 3. The van der Waals surface area contributed by atoms with E-state index in [0.29, 0.717) is 59.5 Å². The fourth-order valence-electron chi connectivity index (χ4n) is 5.55. The maximum atomic E-state index is 13.4. The number of allylic oxidation sites excluding steroid dienone is 4. The molecule has 3 aliphatic rings. The van der Waals surface area contributed by atoms with Crippen LogP contribution in [0.15, 0.2) is 42.4 Å². The number of likely N-dealkylation sites (N-methyl/N-ethyl adjacent to an activating group) is 1. The number of piperidine rings is 1. The van der Waals surface area contributed by atoms with Gasteiger partial charge in [-0.05, 0) is 68.9 Å². The molecule has 7 nitrogen and oxygen atoms in total. The lowest BCUT2D eigenvalue weighted by Crippen LogP contribution is -2.49. The third kappa shape index (κ3) is 5.50. The topological polar surface area (TPSA) is 76.7 Å². The van der Waals surface area contributed by atoms with Gasteiger partial charge in [0.15, 0.2) is 0 Å². The Morgan fingerprint density at radius 3 is 2.43 bits per heavy atom. The first kappa shape index (κ1) is 25.7. The molecule has 0 bridgehead atoms. The normalized spacial score (nSPS) is 21.4. The van der Waals surface area contributed by atoms with Gasteiger partial charge in [-0.15, -0.1) is 0 Å². The number of Topliss-reactive ketones (excluding diaryl/α,β-unsaturated/α-hetero) is 1. The number of ketones is 1. The zero-order valence-corrected chi connectivity index (χ0v) is 21.8. The number of rotatable bonds is 5. The molecule has 2 aromatic rings. The standard InChI is InChI=1S/C28H32ClFN4O3/c1-32-10-12-34(13-11-32)28(37)26(35)23-17-31-25-16-24(29)22(15-21(23)25)27(36)33-8-6-19(7-9-33)14-18-2-4-20(30)5-3-18/h2,4-5,15-19,31H,3,6-14H2,1H3. The molecular weight excluding hydrogens is 495 g/mol. The molecular formula is C28H32ClFN4O3. The number of hydrogen-bond acceptors (Lipinski definition) is 4. The summed E-state index contributed by atoms with van der Waals surface area (Å²) in [6, 6.07) is 3.29. The molecule has 0 saturated carbocycles. The van der Waals surface area contributed by atoms with Crippen molar-refractivity contribution in [2.24, 2.45) is 11.8 Å². The first-order valence-corrected chi connectivity index (χ1v) is 13.3. The van der Waals surface area contributed by atoms with Gasteiger partial charge in [-0.1, -0.05) is 17.7 Å². The number of benzene rings is 1. The molecule has 2 aliphatic heterocycles. The smallest absolute Gasteiger partial charge is 0.295 e. The van der Waals surface area contributed by atoms with E-state index in [-0.39, 0.29) is 17.3 Å². The molecule has 196 valence electrons. The number of likely N-dealkylation sites (tertiary alicyclic amines) is 1. The lowest BCUT2D eigenvalue weighted by Gasteiger charge is -2.33. The summed E-state index contributed by atoms with van der Waals surface area (Å²) in [5, 5.41) is 0.839. The Kier molecular flexibility index (Phi) is 7.49. The third-order valence-electron chi connectivity index (χ3n) is 7.91. The van der Waals surface area contributed by atoms with Crippen molar-refractivity contribution in [3.05, 3.63) is 58.5 Å². The van der Waals surface area contributed by atoms with Gasteiger partial charge >= 0.3 is 0 Å². The minimum Gasteiger partial charge on any atom is -0.360 e. The number of halogens is 2. The maximum absolute atomic E-state index is 13.4. The Morgan fingerprint density at radius 2 is 1.76 bits per heavy atom. The van der Waals surface area contributed by atoms with Crippen molar-refractivity contribution >= 4 is 40.1 Å². The maximum Gasteiger partial charge on any atom is 0.295 e. The van der Waals surface area contributed by atoms with E-state index in [1.807, 2.05) is 18.0 Å². The first-order chi connectivity index (χ1) is 17.8. The van der Waals surface area contributed by atoms with Gasteiger partial charge < -0.3 is 19.7 Å². The molecule has 1 aromatic carbocycles. The largest absolute Gasteiger partial charge is 0.360 e. The van der Waals surface area contributed by atoms with Gasteiger partial charge in [0, 0.05) is 56.4 Å². The van der Waals surface area contributed by atoms with Crippen LogP contribution in [-0.2, 0) is 4.79 Å². The van der Waals surface area contributed by atoms with Crippen LogP contribution in [0, 0.1) is 11.8 Å². The van der Waals surface area contributed by atoms with E-state index in [1.165, 1.54) is 6.20 Å². The van der Waals surface area contributed by atoms with Gasteiger partial charge in [0.25, 0.3) is 17.6 Å². The minimum absolute atomic E-state index is 0.165. The zero-order valence-electron chi connectivity index (χ0n) is 21.0. The highest BCUT2D eigenvalue weighted by Crippen LogP contribution is 2.32. The van der Waals surface area contributed by atoms with Gasteiger partial charge in [0.1, 0.15) is 5.83 Å². The predicted molar refractivity (Wildman–Crippen MR) is 141 cm³/mol. The summed E-state index contributed by atoms with van der Waals surface area (Å²) in [6.07, 6.45) is 10.1. The van der Waals surface area contributed by atoms with Crippen molar-refractivity contribution < 1.29 is 18.8 Å². The number of piperazine rings is 1. The monoisotopic (exact) mass is 526 g/mol. The number of aromatic amines is 1. The van der Waals surface area contributed by atoms with Crippen molar-refractivity contribution in [3.63, 3.8) is 0 Å². The highest BCUT2D eigenvalue weighted by atomic mass is 35.5. The summed E-state index contributed by atoms with van der Waals surface area (Å²) in [5.41, 5.74) is 1.21. The fraction of sp³-hybridized carbons (Fsp3) is 0.464. The third-order valence-corrected chi connectivity index (χ3v) is 8.22. The van der Waals surface area contributed by atoms with E-state index >= 15 is 0 Å². The number of nitrogens with zero attached hydrogens (tertiary/aromatic N) is 3. The van der Waals surface area contributed by atoms with Crippen LogP contribution in [0.25, 0.3) is 10.9 Å². The second-order valence-electron chi connectivity index (χ2n) is 10.4. The first-order valence-electron chi connectivity index (χ1n) is 13.0. The van der Waals surface area contributed by atoms with E-state index in [0.717, 1.165) is 38.8 Å². The summed E-state index contributed by atoms with van der Waals surface area (Å²) in [6.45, 7) is 3.73. The van der Waals surface area contributed by atoms with Crippen LogP contribution in [0.5, 0.6) is 0 Å². The molecule has 37 heavy (non-hydrogen) atoms. The molecule has 5 rings (SSSR count). The second-order valence-corrected chi connectivity index (χ2v) is 10.8. The number of fused-ring (bicyclic) bond motifs is 1. The van der Waals surface area contributed by atoms with Crippen molar-refractivity contribution in [1.82, 2.24) is 19.7 Å². The minimum atomic E-state index is -0.580. The number of nitrogens with one attached hydrogen (secondary N) is 1. The summed E-state index contributed by atoms with van der Waals surface area (Å²) in [4.78, 5) is 47.9. The Labute approximate surface area is 220 Å². The quantitative estimate of drug-likeness (QED) is 0.461. The summed E-state index contributed by atoms with van der Waals surface area (Å²) < 4.78 is 13.2. The number of amides is 2. The zero-order chi connectivity index (χ0) is 26.1. The molecule has 2 saturated heterocycles. The van der Waals surface area contributed by atoms with Gasteiger partial charge in [-0.25, -0.2) is 4.39 Å². The molecule has 9 heteroatoms. The van der Waals surface area contributed by atoms with E-state index in [4.69, 9.17) is 11.6 Å². The SMILES string of the molecule is CN1CCN(C(=O)C(=O)c2c[nH]c3cc(Cl)c(C(=O)N4CCC(CC5C=CC(F)=CC5)CC4)cc23)CC1. The van der Waals surface area contributed by atoms with Crippen LogP contribution in [0.4, 0.5) is 4.39 Å². The van der Waals surface area contributed by atoms with Crippen LogP contribution in [-0.4, -0.2) is 83.6 Å². The van der Waals surface area contributed by atoms with Crippen molar-refractivity contribution in [2.45, 2.75) is 25.7 Å². The molecule has 2 fully saturated rings. The van der Waals surface area contributed by atoms with Crippen molar-refractivity contribution in [3.8, 4) is 0 Å². The molecule has 1 atom stereocenters. The van der Waals surface area contributed by atoms with E-state index in [2.05, 4.69) is 9.88 Å². The van der Waals surface area contributed by atoms with E-state index < -0.39 is 11.7 Å². The van der Waals surface area contributed by atoms with Crippen molar-refractivity contribution in [1.29, 1.82) is 0 Å². The Balaban J connectivity index is 1.27. The summed E-state index contributed by atoms with van der Waals surface area (Å²) in [5.74, 6) is -0.601. The van der Waals surface area contributed by atoms with Crippen LogP contribution >= 0.6 is 11.6 Å². The Morgan fingerprint density at radius 1 is 1.03 bits per heavy atom. The second kappa shape index (κ2) is 10.8. The highest BCUT2D eigenvalue weighted by molar-refractivity contribution is 6.45. The van der Waals surface area contributed by atoms with Gasteiger partial charge in [0.2, 0.25) is 0 Å². The van der Waals surface area contributed by atoms with Crippen LogP contribution in [0.2, 0.25) is 5.02 Å². The summed E-state index contributed by atoms with van der Waals surface area (Å²) >= 11 is 6.50. The number of H-pyrrole nitrogens is 1. The lowest BCUT2D eigenvalue weighted by molar-refractivity contribution is -0.127. The molecule has 1 N–H and O–H groups in total. The van der Waals surface area contributed by atoms with Crippen LogP contribution in [0.3, 0.4) is 0 Å². The predicted octanol–water partition coefficient (Wildman–Crippen LogP) is 4.45. The molecule has 1 aromatic heterocycles. The van der Waals surface area contributed by atoms with E-state index in [1.54, 1.807) is 29.2 Å². The molecule has 0 spiro atoms. The fourth-order valence-corrected chi connectivity index (χ4v) is 5.79. The van der Waals surface area contributed by atoms with E-state index in [9.17, 15) is 18.8 Å². The lowest BCUT2D eigenvalue weighted by atomic mass is 9.84. The van der Waals surface area contributed by atoms with Gasteiger partial charge in [-0.2, -0.15) is 0 Å². The molecule has 1 aliphatic carbocycles. The van der Waals surface area contributed by atoms with Gasteiger partial charge in [0.05, 0.1) is 16.1 Å². The van der Waals surface area contributed by atoms with Crippen molar-refractivity contribution in [2.75, 3.05) is 46.3 Å². The number of carbonyl (C=O) groups is 3. The molecule has 1 unspecified atom stereocenters. The Bertz CT molecular complexity index is 1270. The molecule has 2 amide bonds. The van der Waals surface area contributed by atoms with Gasteiger partial charge in [-0.3, -0.25) is 14.4 Å². The average molecular weight is 527 g/mol. The molecule has 0 radical (unpaired) electrons. The molecule has 3 heterocycles. The summed E-state index contributed by atoms with van der Waals surface area (Å²) in [7, 11) is 1.99. The van der Waals surface area contributed by atoms with Crippen LogP contribution < -0.4 is 0 Å². The highest BCUT2D eigenvalue weighted by Gasteiger charge is 2.30. The number of aromatic nitrogens is 1. The average Bonchev–Trinajstić information content (AvgIpc) is 3.31.